The number of nitrogens with zero attached hydrogens (tertiary/aromatic N) is 2. The lowest BCUT2D eigenvalue weighted by Crippen LogP contribution is -2.42. The van der Waals surface area contributed by atoms with Gasteiger partial charge in [-0.05, 0) is 51.2 Å². The van der Waals surface area contributed by atoms with Crippen LogP contribution in [0.5, 0.6) is 0 Å². The van der Waals surface area contributed by atoms with Gasteiger partial charge in [-0.2, -0.15) is 0 Å². The zero-order valence-electron chi connectivity index (χ0n) is 10.5. The van der Waals surface area contributed by atoms with Crippen molar-refractivity contribution in [3.05, 3.63) is 24.0 Å². The maximum absolute atomic E-state index is 13.2. The van der Waals surface area contributed by atoms with Gasteiger partial charge in [-0.1, -0.05) is 0 Å². The third kappa shape index (κ3) is 2.69. The second-order valence-corrected chi connectivity index (χ2v) is 4.85. The number of hydrogen-bond donors (Lipinski definition) is 1. The largest absolute Gasteiger partial charge is 0.397 e. The van der Waals surface area contributed by atoms with Crippen LogP contribution in [0.25, 0.3) is 0 Å². The van der Waals surface area contributed by atoms with E-state index in [-0.39, 0.29) is 5.82 Å². The van der Waals surface area contributed by atoms with Crippen molar-refractivity contribution >= 4 is 11.4 Å². The molecule has 0 saturated carbocycles. The van der Waals surface area contributed by atoms with E-state index >= 15 is 0 Å². The number of nitrogens with two attached hydrogens (primary N) is 1. The normalized spacial score (nSPS) is 18.3. The van der Waals surface area contributed by atoms with Crippen LogP contribution < -0.4 is 10.6 Å². The van der Waals surface area contributed by atoms with Crippen LogP contribution in [0.3, 0.4) is 0 Å². The van der Waals surface area contributed by atoms with Crippen molar-refractivity contribution in [2.45, 2.75) is 18.9 Å². The molecule has 0 aliphatic carbocycles. The monoisotopic (exact) mass is 237 g/mol. The van der Waals surface area contributed by atoms with E-state index in [2.05, 4.69) is 16.8 Å². The topological polar surface area (TPSA) is 32.5 Å². The Bertz CT molecular complexity index is 386. The molecule has 4 heteroatoms. The Kier molecular flexibility index (Phi) is 3.52. The van der Waals surface area contributed by atoms with Gasteiger partial charge in [0, 0.05) is 13.1 Å². The smallest absolute Gasteiger partial charge is 0.125 e. The molecule has 0 aromatic heterocycles. The molecule has 0 atom stereocenters. The van der Waals surface area contributed by atoms with Crippen molar-refractivity contribution in [3.8, 4) is 0 Å². The number of halogens is 1. The molecule has 3 nitrogen and oxygen atoms in total. The van der Waals surface area contributed by atoms with Crippen LogP contribution in [0.4, 0.5) is 15.8 Å². The summed E-state index contributed by atoms with van der Waals surface area (Å²) in [6.45, 7) is 2.18. The van der Waals surface area contributed by atoms with Crippen molar-refractivity contribution in [2.75, 3.05) is 37.8 Å². The van der Waals surface area contributed by atoms with E-state index in [1.54, 1.807) is 6.07 Å². The molecule has 1 aromatic carbocycles. The zero-order valence-corrected chi connectivity index (χ0v) is 10.5. The Morgan fingerprint density at radius 3 is 2.65 bits per heavy atom. The van der Waals surface area contributed by atoms with E-state index in [1.165, 1.54) is 12.1 Å². The number of piperidine rings is 1. The highest BCUT2D eigenvalue weighted by Crippen LogP contribution is 2.27. The molecular formula is C13H20FN3. The highest BCUT2D eigenvalue weighted by molar-refractivity contribution is 5.67. The zero-order chi connectivity index (χ0) is 12.4. The number of likely N-dealkylation sites (tertiary alicyclic amines) is 1. The lowest BCUT2D eigenvalue weighted by atomic mass is 10.0. The van der Waals surface area contributed by atoms with Gasteiger partial charge in [-0.3, -0.25) is 0 Å². The molecule has 1 saturated heterocycles. The van der Waals surface area contributed by atoms with E-state index in [0.717, 1.165) is 31.6 Å². The minimum absolute atomic E-state index is 0.228. The first-order chi connectivity index (χ1) is 8.08. The third-order valence-corrected chi connectivity index (χ3v) is 3.61. The molecule has 1 aliphatic heterocycles. The first-order valence-electron chi connectivity index (χ1n) is 6.04. The molecule has 94 valence electrons. The van der Waals surface area contributed by atoms with Gasteiger partial charge < -0.3 is 15.5 Å². The Morgan fingerprint density at radius 1 is 1.35 bits per heavy atom. The van der Waals surface area contributed by atoms with Crippen molar-refractivity contribution in [2.24, 2.45) is 0 Å². The average molecular weight is 237 g/mol. The minimum atomic E-state index is -0.228. The van der Waals surface area contributed by atoms with Crippen LogP contribution in [0.1, 0.15) is 12.8 Å². The number of nitrogen functional groups attached to an aromatic ring is 1. The number of hydrogen-bond acceptors (Lipinski definition) is 3. The molecule has 0 bridgehead atoms. The standard InChI is InChI=1S/C13H20FN3/c1-16-7-5-11(6-8-16)17(2)13-9-10(14)3-4-12(13)15/h3-4,9,11H,5-8,15H2,1-2H3. The lowest BCUT2D eigenvalue weighted by molar-refractivity contribution is 0.253. The van der Waals surface area contributed by atoms with Gasteiger partial charge in [0.05, 0.1) is 11.4 Å². The van der Waals surface area contributed by atoms with E-state index in [9.17, 15) is 4.39 Å². The number of anilines is 2. The summed E-state index contributed by atoms with van der Waals surface area (Å²) in [5.41, 5.74) is 7.36. The van der Waals surface area contributed by atoms with Gasteiger partial charge in [0.15, 0.2) is 0 Å². The molecule has 0 radical (unpaired) electrons. The highest BCUT2D eigenvalue weighted by Gasteiger charge is 2.22. The fourth-order valence-electron chi connectivity index (χ4n) is 2.40. The van der Waals surface area contributed by atoms with Crippen LogP contribution >= 0.6 is 0 Å². The van der Waals surface area contributed by atoms with Gasteiger partial charge in [-0.25, -0.2) is 4.39 Å². The second kappa shape index (κ2) is 4.92. The molecule has 1 aromatic rings. The average Bonchev–Trinajstić information content (AvgIpc) is 2.32. The van der Waals surface area contributed by atoms with Gasteiger partial charge in [-0.15, -0.1) is 0 Å². The Hall–Kier alpha value is -1.29. The van der Waals surface area contributed by atoms with Crippen molar-refractivity contribution in [1.29, 1.82) is 0 Å². The molecule has 1 aliphatic rings. The third-order valence-electron chi connectivity index (χ3n) is 3.61. The summed E-state index contributed by atoms with van der Waals surface area (Å²) >= 11 is 0. The quantitative estimate of drug-likeness (QED) is 0.798. The predicted molar refractivity (Wildman–Crippen MR) is 69.7 cm³/mol. The van der Waals surface area contributed by atoms with Gasteiger partial charge in [0.2, 0.25) is 0 Å². The Labute approximate surface area is 102 Å². The maximum atomic E-state index is 13.2. The molecule has 17 heavy (non-hydrogen) atoms. The van der Waals surface area contributed by atoms with Crippen molar-refractivity contribution in [1.82, 2.24) is 4.90 Å². The minimum Gasteiger partial charge on any atom is -0.397 e. The fourth-order valence-corrected chi connectivity index (χ4v) is 2.40. The van der Waals surface area contributed by atoms with Crippen LogP contribution in [-0.4, -0.2) is 38.1 Å². The van der Waals surface area contributed by atoms with E-state index < -0.39 is 0 Å². The molecule has 2 rings (SSSR count). The molecule has 1 fully saturated rings. The summed E-state index contributed by atoms with van der Waals surface area (Å²) in [7, 11) is 4.13. The van der Waals surface area contributed by atoms with Crippen LogP contribution in [0, 0.1) is 5.82 Å². The first kappa shape index (κ1) is 12.2. The number of rotatable bonds is 2. The van der Waals surface area contributed by atoms with Crippen LogP contribution in [-0.2, 0) is 0 Å². The van der Waals surface area contributed by atoms with Gasteiger partial charge in [0.1, 0.15) is 5.82 Å². The van der Waals surface area contributed by atoms with Crippen LogP contribution in [0.15, 0.2) is 18.2 Å². The van der Waals surface area contributed by atoms with Crippen molar-refractivity contribution < 1.29 is 4.39 Å². The van der Waals surface area contributed by atoms with Crippen molar-refractivity contribution in [3.63, 3.8) is 0 Å². The highest BCUT2D eigenvalue weighted by atomic mass is 19.1. The van der Waals surface area contributed by atoms with E-state index in [0.29, 0.717) is 11.7 Å². The molecule has 0 spiro atoms. The summed E-state index contributed by atoms with van der Waals surface area (Å²) in [6, 6.07) is 5.01. The summed E-state index contributed by atoms with van der Waals surface area (Å²) in [5.74, 6) is -0.228. The molecule has 0 amide bonds. The molecular weight excluding hydrogens is 217 g/mol. The lowest BCUT2D eigenvalue weighted by Gasteiger charge is -2.36. The van der Waals surface area contributed by atoms with Gasteiger partial charge in [0.25, 0.3) is 0 Å². The molecule has 1 heterocycles. The summed E-state index contributed by atoms with van der Waals surface area (Å²) in [4.78, 5) is 4.44. The predicted octanol–water partition coefficient (Wildman–Crippen LogP) is 1.94. The number of benzene rings is 1. The van der Waals surface area contributed by atoms with E-state index in [1.807, 2.05) is 7.05 Å². The SMILES string of the molecule is CN1CCC(N(C)c2cc(F)ccc2N)CC1. The molecule has 0 unspecified atom stereocenters. The summed E-state index contributed by atoms with van der Waals surface area (Å²) in [5, 5.41) is 0. The Morgan fingerprint density at radius 2 is 2.00 bits per heavy atom. The first-order valence-corrected chi connectivity index (χ1v) is 6.04. The second-order valence-electron chi connectivity index (χ2n) is 4.85. The van der Waals surface area contributed by atoms with E-state index in [4.69, 9.17) is 5.73 Å². The Balaban J connectivity index is 2.13. The fraction of sp³-hybridized carbons (Fsp3) is 0.538. The summed E-state index contributed by atoms with van der Waals surface area (Å²) < 4.78 is 13.2. The molecule has 2 N–H and O–H groups in total. The summed E-state index contributed by atoms with van der Waals surface area (Å²) in [6.07, 6.45) is 2.20. The maximum Gasteiger partial charge on any atom is 0.125 e. The van der Waals surface area contributed by atoms with Crippen LogP contribution in [0.2, 0.25) is 0 Å². The van der Waals surface area contributed by atoms with Gasteiger partial charge >= 0.3 is 0 Å².